The SMILES string of the molecule is CCN(CC)CC(O)C[C@@]1(O)CC2CC[C@]1(C)C2(C)C. The molecule has 2 unspecified atom stereocenters. The van der Waals surface area contributed by atoms with E-state index in [2.05, 4.69) is 39.5 Å². The molecule has 3 nitrogen and oxygen atoms in total. The largest absolute Gasteiger partial charge is 0.392 e. The van der Waals surface area contributed by atoms with Crippen molar-refractivity contribution in [3.8, 4) is 0 Å². The van der Waals surface area contributed by atoms with Gasteiger partial charge in [-0.05, 0) is 43.7 Å². The van der Waals surface area contributed by atoms with Gasteiger partial charge in [0.15, 0.2) is 0 Å². The van der Waals surface area contributed by atoms with Gasteiger partial charge in [-0.25, -0.2) is 0 Å². The molecule has 0 spiro atoms. The number of aliphatic hydroxyl groups excluding tert-OH is 1. The van der Waals surface area contributed by atoms with E-state index < -0.39 is 11.7 Å². The average Bonchev–Trinajstić information content (AvgIpc) is 2.67. The maximum absolute atomic E-state index is 11.2. The summed E-state index contributed by atoms with van der Waals surface area (Å²) in [5.74, 6) is 0.609. The van der Waals surface area contributed by atoms with Gasteiger partial charge < -0.3 is 15.1 Å². The summed E-state index contributed by atoms with van der Waals surface area (Å²) in [6, 6.07) is 0. The van der Waals surface area contributed by atoms with Crippen molar-refractivity contribution in [3.05, 3.63) is 0 Å². The standard InChI is InChI=1S/C17H33NO2/c1-6-18(7-2)12-14(19)11-17(20)10-13-8-9-16(17,5)15(13,3)4/h13-14,19-20H,6-12H2,1-5H3/t13?,14?,16-,17+/m1/s1. The summed E-state index contributed by atoms with van der Waals surface area (Å²) in [6.45, 7) is 13.7. The molecule has 2 N–H and O–H groups in total. The van der Waals surface area contributed by atoms with Gasteiger partial charge in [-0.2, -0.15) is 0 Å². The summed E-state index contributed by atoms with van der Waals surface area (Å²) < 4.78 is 0. The summed E-state index contributed by atoms with van der Waals surface area (Å²) in [7, 11) is 0. The van der Waals surface area contributed by atoms with Crippen molar-refractivity contribution in [1.82, 2.24) is 4.90 Å². The summed E-state index contributed by atoms with van der Waals surface area (Å²) in [4.78, 5) is 2.23. The van der Waals surface area contributed by atoms with Crippen LogP contribution in [0.15, 0.2) is 0 Å². The Labute approximate surface area is 124 Å². The highest BCUT2D eigenvalue weighted by atomic mass is 16.3. The molecule has 118 valence electrons. The highest BCUT2D eigenvalue weighted by Crippen LogP contribution is 2.70. The van der Waals surface area contributed by atoms with Gasteiger partial charge in [-0.15, -0.1) is 0 Å². The molecular weight excluding hydrogens is 250 g/mol. The Morgan fingerprint density at radius 2 is 1.80 bits per heavy atom. The lowest BCUT2D eigenvalue weighted by atomic mass is 9.63. The van der Waals surface area contributed by atoms with Gasteiger partial charge in [0, 0.05) is 18.4 Å². The Kier molecular flexibility index (Phi) is 4.27. The maximum Gasteiger partial charge on any atom is 0.0734 e. The Morgan fingerprint density at radius 3 is 2.20 bits per heavy atom. The van der Waals surface area contributed by atoms with Crippen LogP contribution in [0.25, 0.3) is 0 Å². The normalized spacial score (nSPS) is 40.5. The maximum atomic E-state index is 11.2. The third-order valence-electron chi connectivity index (χ3n) is 6.98. The van der Waals surface area contributed by atoms with E-state index in [1.54, 1.807) is 0 Å². The molecule has 20 heavy (non-hydrogen) atoms. The van der Waals surface area contributed by atoms with Crippen molar-refractivity contribution in [2.75, 3.05) is 19.6 Å². The Bertz CT molecular complexity index is 353. The fraction of sp³-hybridized carbons (Fsp3) is 1.00. The third kappa shape index (κ3) is 2.22. The smallest absolute Gasteiger partial charge is 0.0734 e. The summed E-state index contributed by atoms with van der Waals surface area (Å²) >= 11 is 0. The van der Waals surface area contributed by atoms with Gasteiger partial charge in [0.1, 0.15) is 0 Å². The lowest BCUT2D eigenvalue weighted by molar-refractivity contribution is -0.116. The van der Waals surface area contributed by atoms with E-state index in [4.69, 9.17) is 0 Å². The van der Waals surface area contributed by atoms with E-state index in [-0.39, 0.29) is 10.8 Å². The zero-order chi connectivity index (χ0) is 15.2. The minimum Gasteiger partial charge on any atom is -0.392 e. The number of hydrogen-bond acceptors (Lipinski definition) is 3. The first kappa shape index (κ1) is 16.3. The minimum atomic E-state index is -0.689. The highest BCUT2D eigenvalue weighted by Gasteiger charge is 2.68. The van der Waals surface area contributed by atoms with Crippen LogP contribution in [-0.4, -0.2) is 46.5 Å². The fourth-order valence-corrected chi connectivity index (χ4v) is 4.96. The number of aliphatic hydroxyl groups is 2. The molecule has 0 heterocycles. The quantitative estimate of drug-likeness (QED) is 0.787. The molecule has 2 saturated carbocycles. The molecule has 0 amide bonds. The Balaban J connectivity index is 2.06. The van der Waals surface area contributed by atoms with Crippen LogP contribution in [0.4, 0.5) is 0 Å². The molecular formula is C17H33NO2. The first-order chi connectivity index (χ1) is 9.20. The predicted molar refractivity (Wildman–Crippen MR) is 82.6 cm³/mol. The molecule has 0 aromatic carbocycles. The molecule has 0 radical (unpaired) electrons. The lowest BCUT2D eigenvalue weighted by Crippen LogP contribution is -2.50. The minimum absolute atomic E-state index is 0.0467. The molecule has 3 heteroatoms. The van der Waals surface area contributed by atoms with Crippen LogP contribution in [0.3, 0.4) is 0 Å². The first-order valence-corrected chi connectivity index (χ1v) is 8.33. The molecule has 0 aliphatic heterocycles. The van der Waals surface area contributed by atoms with Gasteiger partial charge >= 0.3 is 0 Å². The first-order valence-electron chi connectivity index (χ1n) is 8.33. The van der Waals surface area contributed by atoms with Gasteiger partial charge in [0.2, 0.25) is 0 Å². The molecule has 2 aliphatic rings. The van der Waals surface area contributed by atoms with Crippen LogP contribution in [0.2, 0.25) is 0 Å². The monoisotopic (exact) mass is 283 g/mol. The van der Waals surface area contributed by atoms with E-state index >= 15 is 0 Å². The Hall–Kier alpha value is -0.120. The van der Waals surface area contributed by atoms with Crippen molar-refractivity contribution in [2.45, 2.75) is 72.0 Å². The number of hydrogen-bond donors (Lipinski definition) is 2. The van der Waals surface area contributed by atoms with Crippen molar-refractivity contribution < 1.29 is 10.2 Å². The lowest BCUT2D eigenvalue weighted by Gasteiger charge is -2.46. The van der Waals surface area contributed by atoms with Crippen molar-refractivity contribution in [2.24, 2.45) is 16.7 Å². The predicted octanol–water partition coefficient (Wildman–Crippen LogP) is 2.66. The second-order valence-electron chi connectivity index (χ2n) is 7.87. The van der Waals surface area contributed by atoms with Crippen LogP contribution in [-0.2, 0) is 0 Å². The van der Waals surface area contributed by atoms with Gasteiger partial charge in [0.25, 0.3) is 0 Å². The molecule has 0 saturated heterocycles. The van der Waals surface area contributed by atoms with Crippen molar-refractivity contribution in [1.29, 1.82) is 0 Å². The third-order valence-corrected chi connectivity index (χ3v) is 6.98. The fourth-order valence-electron chi connectivity index (χ4n) is 4.96. The topological polar surface area (TPSA) is 43.7 Å². The summed E-state index contributed by atoms with van der Waals surface area (Å²) in [6.07, 6.45) is 3.30. The van der Waals surface area contributed by atoms with Gasteiger partial charge in [-0.1, -0.05) is 34.6 Å². The zero-order valence-electron chi connectivity index (χ0n) is 13.9. The molecule has 2 bridgehead atoms. The van der Waals surface area contributed by atoms with Crippen LogP contribution in [0.1, 0.15) is 60.3 Å². The van der Waals surface area contributed by atoms with E-state index in [1.165, 1.54) is 6.42 Å². The molecule has 0 aromatic rings. The zero-order valence-corrected chi connectivity index (χ0v) is 13.9. The number of rotatable bonds is 6. The van der Waals surface area contributed by atoms with E-state index in [9.17, 15) is 10.2 Å². The van der Waals surface area contributed by atoms with Gasteiger partial charge in [0.05, 0.1) is 11.7 Å². The van der Waals surface area contributed by atoms with Crippen LogP contribution < -0.4 is 0 Å². The second kappa shape index (κ2) is 5.26. The van der Waals surface area contributed by atoms with E-state index in [0.717, 1.165) is 25.9 Å². The molecule has 0 aromatic heterocycles. The molecule has 2 rings (SSSR count). The molecule has 4 atom stereocenters. The number of fused-ring (bicyclic) bond motifs is 2. The van der Waals surface area contributed by atoms with Crippen molar-refractivity contribution in [3.63, 3.8) is 0 Å². The number of nitrogens with zero attached hydrogens (tertiary/aromatic N) is 1. The van der Waals surface area contributed by atoms with E-state index in [1.807, 2.05) is 0 Å². The van der Waals surface area contributed by atoms with E-state index in [0.29, 0.717) is 18.9 Å². The molecule has 2 fully saturated rings. The average molecular weight is 283 g/mol. The highest BCUT2D eigenvalue weighted by molar-refractivity contribution is 5.18. The molecule has 2 aliphatic carbocycles. The van der Waals surface area contributed by atoms with Crippen LogP contribution in [0, 0.1) is 16.7 Å². The Morgan fingerprint density at radius 1 is 1.20 bits per heavy atom. The summed E-state index contributed by atoms with van der Waals surface area (Å²) in [5.41, 5.74) is -0.544. The second-order valence-corrected chi connectivity index (χ2v) is 7.87. The van der Waals surface area contributed by atoms with Crippen LogP contribution >= 0.6 is 0 Å². The summed E-state index contributed by atoms with van der Waals surface area (Å²) in [5, 5.41) is 21.6. The van der Waals surface area contributed by atoms with Crippen LogP contribution in [0.5, 0.6) is 0 Å². The van der Waals surface area contributed by atoms with Gasteiger partial charge in [-0.3, -0.25) is 0 Å². The number of likely N-dealkylation sites (N-methyl/N-ethyl adjacent to an activating group) is 1. The van der Waals surface area contributed by atoms with Crippen molar-refractivity contribution >= 4 is 0 Å².